The first-order valence-electron chi connectivity index (χ1n) is 4.06. The van der Waals surface area contributed by atoms with Crippen molar-refractivity contribution in [1.29, 1.82) is 0 Å². The number of pyridine rings is 1. The molecule has 15 heavy (non-hydrogen) atoms. The van der Waals surface area contributed by atoms with E-state index in [9.17, 15) is 4.79 Å². The molecule has 1 heterocycles. The maximum Gasteiger partial charge on any atom is 0.337 e. The Bertz CT molecular complexity index is 549. The summed E-state index contributed by atoms with van der Waals surface area (Å²) in [4.78, 5) is 14.9. The van der Waals surface area contributed by atoms with Crippen molar-refractivity contribution in [1.82, 2.24) is 4.98 Å². The molecule has 0 aliphatic rings. The Morgan fingerprint density at radius 2 is 1.87 bits per heavy atom. The summed E-state index contributed by atoms with van der Waals surface area (Å²) in [5.41, 5.74) is 0.463. The number of halogens is 2. The third-order valence-electron chi connectivity index (χ3n) is 1.94. The zero-order chi connectivity index (χ0) is 11.0. The Morgan fingerprint density at radius 1 is 1.20 bits per heavy atom. The molecule has 5 heteroatoms. The van der Waals surface area contributed by atoms with E-state index in [1.807, 2.05) is 0 Å². The van der Waals surface area contributed by atoms with Crippen LogP contribution in [0.4, 0.5) is 0 Å². The minimum absolute atomic E-state index is 0.0779. The summed E-state index contributed by atoms with van der Waals surface area (Å²) in [6.45, 7) is 0. The van der Waals surface area contributed by atoms with Crippen LogP contribution in [-0.2, 0) is 0 Å². The van der Waals surface area contributed by atoms with Crippen molar-refractivity contribution < 1.29 is 9.90 Å². The van der Waals surface area contributed by atoms with Gasteiger partial charge >= 0.3 is 5.97 Å². The first kappa shape index (κ1) is 10.2. The van der Waals surface area contributed by atoms with E-state index < -0.39 is 5.97 Å². The molecule has 1 N–H and O–H groups in total. The van der Waals surface area contributed by atoms with Gasteiger partial charge in [-0.1, -0.05) is 23.2 Å². The van der Waals surface area contributed by atoms with Crippen LogP contribution in [0.25, 0.3) is 10.9 Å². The van der Waals surface area contributed by atoms with Gasteiger partial charge in [-0.2, -0.15) is 0 Å². The SMILES string of the molecule is O=C(O)c1cc(Cl)cc2cc(Cl)cnc12. The number of hydrogen-bond acceptors (Lipinski definition) is 2. The van der Waals surface area contributed by atoms with Crippen LogP contribution < -0.4 is 0 Å². The third kappa shape index (κ3) is 1.89. The van der Waals surface area contributed by atoms with E-state index in [1.54, 1.807) is 12.1 Å². The lowest BCUT2D eigenvalue weighted by atomic mass is 10.1. The summed E-state index contributed by atoms with van der Waals surface area (Å²) in [7, 11) is 0. The maximum absolute atomic E-state index is 10.9. The molecule has 0 saturated heterocycles. The van der Waals surface area contributed by atoms with Crippen molar-refractivity contribution in [2.24, 2.45) is 0 Å². The first-order valence-corrected chi connectivity index (χ1v) is 4.81. The van der Waals surface area contributed by atoms with Gasteiger partial charge in [0.2, 0.25) is 0 Å². The summed E-state index contributed by atoms with van der Waals surface area (Å²) in [6.07, 6.45) is 1.41. The molecule has 76 valence electrons. The largest absolute Gasteiger partial charge is 0.478 e. The van der Waals surface area contributed by atoms with Gasteiger partial charge in [-0.3, -0.25) is 4.98 Å². The second-order valence-electron chi connectivity index (χ2n) is 2.98. The van der Waals surface area contributed by atoms with Gasteiger partial charge in [-0.05, 0) is 18.2 Å². The molecular weight excluding hydrogens is 237 g/mol. The van der Waals surface area contributed by atoms with Gasteiger partial charge in [0.25, 0.3) is 0 Å². The zero-order valence-corrected chi connectivity index (χ0v) is 8.88. The highest BCUT2D eigenvalue weighted by Gasteiger charge is 2.11. The number of fused-ring (bicyclic) bond motifs is 1. The van der Waals surface area contributed by atoms with E-state index in [4.69, 9.17) is 28.3 Å². The van der Waals surface area contributed by atoms with Crippen LogP contribution in [-0.4, -0.2) is 16.1 Å². The first-order chi connectivity index (χ1) is 7.08. The predicted octanol–water partition coefficient (Wildman–Crippen LogP) is 3.24. The molecule has 1 aromatic carbocycles. The number of rotatable bonds is 1. The normalized spacial score (nSPS) is 10.5. The van der Waals surface area contributed by atoms with Crippen molar-refractivity contribution in [2.75, 3.05) is 0 Å². The molecule has 0 unspecified atom stereocenters. The molecule has 0 atom stereocenters. The van der Waals surface area contributed by atoms with Crippen LogP contribution >= 0.6 is 23.2 Å². The number of benzene rings is 1. The Kier molecular flexibility index (Phi) is 2.50. The highest BCUT2D eigenvalue weighted by Crippen LogP contribution is 2.24. The minimum atomic E-state index is -1.06. The lowest BCUT2D eigenvalue weighted by Crippen LogP contribution is -1.98. The highest BCUT2D eigenvalue weighted by molar-refractivity contribution is 6.33. The Balaban J connectivity index is 2.86. The van der Waals surface area contributed by atoms with E-state index in [-0.39, 0.29) is 5.56 Å². The number of hydrogen-bond donors (Lipinski definition) is 1. The van der Waals surface area contributed by atoms with Crippen molar-refractivity contribution in [3.63, 3.8) is 0 Å². The van der Waals surface area contributed by atoms with E-state index >= 15 is 0 Å². The fourth-order valence-corrected chi connectivity index (χ4v) is 1.74. The second-order valence-corrected chi connectivity index (χ2v) is 3.86. The van der Waals surface area contributed by atoms with Gasteiger partial charge < -0.3 is 5.11 Å². The molecule has 2 aromatic rings. The fraction of sp³-hybridized carbons (Fsp3) is 0. The fourth-order valence-electron chi connectivity index (χ4n) is 1.35. The average molecular weight is 242 g/mol. The number of carboxylic acid groups (broad SMARTS) is 1. The third-order valence-corrected chi connectivity index (χ3v) is 2.37. The van der Waals surface area contributed by atoms with Crippen molar-refractivity contribution >= 4 is 40.1 Å². The topological polar surface area (TPSA) is 50.2 Å². The number of nitrogens with zero attached hydrogens (tertiary/aromatic N) is 1. The van der Waals surface area contributed by atoms with Gasteiger partial charge in [0, 0.05) is 16.6 Å². The molecular formula is C10H5Cl2NO2. The van der Waals surface area contributed by atoms with Crippen molar-refractivity contribution in [3.8, 4) is 0 Å². The predicted molar refractivity (Wildman–Crippen MR) is 58.7 cm³/mol. The smallest absolute Gasteiger partial charge is 0.337 e. The molecule has 0 fully saturated rings. The Morgan fingerprint density at radius 3 is 2.53 bits per heavy atom. The molecule has 1 aromatic heterocycles. The molecule has 2 rings (SSSR count). The Hall–Kier alpha value is -1.32. The number of aromatic carboxylic acids is 1. The summed E-state index contributed by atoms with van der Waals surface area (Å²) in [5, 5.41) is 10.4. The molecule has 0 amide bonds. The van der Waals surface area contributed by atoms with E-state index in [2.05, 4.69) is 4.98 Å². The zero-order valence-electron chi connectivity index (χ0n) is 7.37. The van der Waals surface area contributed by atoms with E-state index in [0.717, 1.165) is 0 Å². The summed E-state index contributed by atoms with van der Waals surface area (Å²) in [5.74, 6) is -1.06. The summed E-state index contributed by atoms with van der Waals surface area (Å²) in [6, 6.07) is 4.62. The Labute approximate surface area is 95.3 Å². The van der Waals surface area contributed by atoms with Gasteiger partial charge in [-0.15, -0.1) is 0 Å². The van der Waals surface area contributed by atoms with Gasteiger partial charge in [0.05, 0.1) is 16.1 Å². The molecule has 0 aliphatic heterocycles. The quantitative estimate of drug-likeness (QED) is 0.834. The molecule has 0 saturated carbocycles. The molecule has 0 aliphatic carbocycles. The molecule has 0 bridgehead atoms. The van der Waals surface area contributed by atoms with Crippen LogP contribution in [0.2, 0.25) is 10.0 Å². The second kappa shape index (κ2) is 3.68. The lowest BCUT2D eigenvalue weighted by molar-refractivity contribution is 0.0699. The minimum Gasteiger partial charge on any atom is -0.478 e. The van der Waals surface area contributed by atoms with Gasteiger partial charge in [-0.25, -0.2) is 4.79 Å². The van der Waals surface area contributed by atoms with E-state index in [1.165, 1.54) is 12.3 Å². The van der Waals surface area contributed by atoms with Gasteiger partial charge in [0.1, 0.15) is 0 Å². The summed E-state index contributed by atoms with van der Waals surface area (Å²) < 4.78 is 0. The van der Waals surface area contributed by atoms with Crippen LogP contribution in [0.3, 0.4) is 0 Å². The molecule has 3 nitrogen and oxygen atoms in total. The number of carboxylic acids is 1. The maximum atomic E-state index is 10.9. The highest BCUT2D eigenvalue weighted by atomic mass is 35.5. The average Bonchev–Trinajstić information content (AvgIpc) is 2.15. The van der Waals surface area contributed by atoms with Crippen molar-refractivity contribution in [3.05, 3.63) is 40.0 Å². The monoisotopic (exact) mass is 241 g/mol. The lowest BCUT2D eigenvalue weighted by Gasteiger charge is -2.02. The van der Waals surface area contributed by atoms with Gasteiger partial charge in [0.15, 0.2) is 0 Å². The van der Waals surface area contributed by atoms with E-state index in [0.29, 0.717) is 20.9 Å². The van der Waals surface area contributed by atoms with Crippen LogP contribution in [0.5, 0.6) is 0 Å². The van der Waals surface area contributed by atoms with Crippen LogP contribution in [0.15, 0.2) is 24.4 Å². The number of aromatic nitrogens is 1. The summed E-state index contributed by atoms with van der Waals surface area (Å²) >= 11 is 11.5. The standard InChI is InChI=1S/C10H5Cl2NO2/c11-6-1-5-2-7(12)4-13-9(5)8(3-6)10(14)15/h1-4H,(H,14,15). The number of carbonyl (C=O) groups is 1. The van der Waals surface area contributed by atoms with Crippen LogP contribution in [0.1, 0.15) is 10.4 Å². The molecule has 0 radical (unpaired) electrons. The molecule has 0 spiro atoms. The van der Waals surface area contributed by atoms with Crippen molar-refractivity contribution in [2.45, 2.75) is 0 Å². The van der Waals surface area contributed by atoms with Crippen LogP contribution in [0, 0.1) is 0 Å².